The maximum absolute atomic E-state index is 12.8. The van der Waals surface area contributed by atoms with Crippen LogP contribution in [0.1, 0.15) is 11.3 Å². The molecule has 0 aliphatic rings. The summed E-state index contributed by atoms with van der Waals surface area (Å²) in [5, 5.41) is 15.1. The van der Waals surface area contributed by atoms with Crippen molar-refractivity contribution < 1.29 is 22.9 Å². The van der Waals surface area contributed by atoms with Gasteiger partial charge in [0.15, 0.2) is 0 Å². The van der Waals surface area contributed by atoms with E-state index in [1.165, 1.54) is 24.8 Å². The van der Waals surface area contributed by atoms with Crippen molar-refractivity contribution in [1.29, 1.82) is 0 Å². The SMILES string of the molecule is O=C(N/C=C/c1cnc[nH]1)Nc1ccc([N+](=O)[O-])c(C(F)(F)F)c1. The lowest BCUT2D eigenvalue weighted by Gasteiger charge is -2.10. The molecule has 0 saturated carbocycles. The number of rotatable bonds is 4. The van der Waals surface area contributed by atoms with Crippen molar-refractivity contribution in [1.82, 2.24) is 15.3 Å². The number of carbonyl (C=O) groups excluding carboxylic acids is 1. The molecule has 3 N–H and O–H groups in total. The van der Waals surface area contributed by atoms with E-state index in [1.54, 1.807) is 0 Å². The number of urea groups is 1. The summed E-state index contributed by atoms with van der Waals surface area (Å²) in [6.45, 7) is 0. The summed E-state index contributed by atoms with van der Waals surface area (Å²) in [5.74, 6) is 0. The molecular weight excluding hydrogens is 331 g/mol. The molecule has 126 valence electrons. The van der Waals surface area contributed by atoms with Gasteiger partial charge in [-0.2, -0.15) is 13.2 Å². The topological polar surface area (TPSA) is 113 Å². The quantitative estimate of drug-likeness (QED) is 0.585. The fourth-order valence-corrected chi connectivity index (χ4v) is 1.73. The number of nitrogens with one attached hydrogen (secondary N) is 3. The van der Waals surface area contributed by atoms with E-state index in [1.807, 2.05) is 0 Å². The second kappa shape index (κ2) is 6.81. The van der Waals surface area contributed by atoms with Crippen LogP contribution < -0.4 is 10.6 Å². The predicted octanol–water partition coefficient (Wildman–Crippen LogP) is 3.13. The van der Waals surface area contributed by atoms with Gasteiger partial charge in [0.05, 0.1) is 23.1 Å². The van der Waals surface area contributed by atoms with Crippen LogP contribution in [0.2, 0.25) is 0 Å². The molecule has 0 unspecified atom stereocenters. The molecular formula is C13H10F3N5O3. The highest BCUT2D eigenvalue weighted by atomic mass is 19.4. The lowest BCUT2D eigenvalue weighted by molar-refractivity contribution is -0.388. The Balaban J connectivity index is 2.09. The van der Waals surface area contributed by atoms with E-state index < -0.39 is 28.4 Å². The zero-order chi connectivity index (χ0) is 17.7. The molecule has 0 aliphatic carbocycles. The number of aromatic nitrogens is 2. The molecule has 0 fully saturated rings. The number of hydrogen-bond donors (Lipinski definition) is 3. The Morgan fingerprint density at radius 2 is 2.12 bits per heavy atom. The van der Waals surface area contributed by atoms with Crippen LogP contribution in [-0.2, 0) is 6.18 Å². The van der Waals surface area contributed by atoms with E-state index in [-0.39, 0.29) is 5.69 Å². The lowest BCUT2D eigenvalue weighted by atomic mass is 10.1. The van der Waals surface area contributed by atoms with Crippen molar-refractivity contribution in [3.05, 3.63) is 58.3 Å². The van der Waals surface area contributed by atoms with Crippen LogP contribution in [0.3, 0.4) is 0 Å². The molecule has 8 nitrogen and oxygen atoms in total. The zero-order valence-electron chi connectivity index (χ0n) is 11.8. The van der Waals surface area contributed by atoms with E-state index in [4.69, 9.17) is 0 Å². The standard InChI is InChI=1S/C13H10F3N5O3/c14-13(15,16)10-5-8(1-2-11(10)21(23)24)20-12(22)18-4-3-9-6-17-7-19-9/h1-7H,(H,17,19)(H2,18,20,22)/b4-3+. The van der Waals surface area contributed by atoms with E-state index in [2.05, 4.69) is 20.6 Å². The van der Waals surface area contributed by atoms with Gasteiger partial charge in [0.25, 0.3) is 5.69 Å². The van der Waals surface area contributed by atoms with Crippen molar-refractivity contribution >= 4 is 23.5 Å². The van der Waals surface area contributed by atoms with Gasteiger partial charge < -0.3 is 15.6 Å². The third-order valence-corrected chi connectivity index (χ3v) is 2.75. The predicted molar refractivity (Wildman–Crippen MR) is 77.9 cm³/mol. The smallest absolute Gasteiger partial charge is 0.345 e. The highest BCUT2D eigenvalue weighted by molar-refractivity contribution is 5.90. The molecule has 1 aromatic carbocycles. The maximum Gasteiger partial charge on any atom is 0.423 e. The van der Waals surface area contributed by atoms with Crippen LogP contribution >= 0.6 is 0 Å². The highest BCUT2D eigenvalue weighted by Crippen LogP contribution is 2.37. The molecule has 0 atom stereocenters. The summed E-state index contributed by atoms with van der Waals surface area (Å²) in [5.41, 5.74) is -2.17. The number of carbonyl (C=O) groups is 1. The molecule has 11 heteroatoms. The van der Waals surface area contributed by atoms with Crippen LogP contribution in [0.5, 0.6) is 0 Å². The lowest BCUT2D eigenvalue weighted by Crippen LogP contribution is -2.24. The van der Waals surface area contributed by atoms with Crippen LogP contribution in [0, 0.1) is 10.1 Å². The number of anilines is 1. The first-order valence-electron chi connectivity index (χ1n) is 6.35. The molecule has 2 amide bonds. The Labute approximate surface area is 132 Å². The highest BCUT2D eigenvalue weighted by Gasteiger charge is 2.38. The third kappa shape index (κ3) is 4.32. The van der Waals surface area contributed by atoms with Crippen LogP contribution in [0.25, 0.3) is 6.08 Å². The molecule has 24 heavy (non-hydrogen) atoms. The Kier molecular flexibility index (Phi) is 4.82. The molecule has 0 saturated heterocycles. The average Bonchev–Trinajstić information content (AvgIpc) is 2.99. The number of halogens is 3. The number of amides is 2. The molecule has 0 bridgehead atoms. The molecule has 1 aromatic heterocycles. The number of nitrogens with zero attached hydrogens (tertiary/aromatic N) is 2. The van der Waals surface area contributed by atoms with E-state index in [0.717, 1.165) is 6.07 Å². The summed E-state index contributed by atoms with van der Waals surface area (Å²) in [7, 11) is 0. The molecule has 2 aromatic rings. The monoisotopic (exact) mass is 341 g/mol. The number of benzene rings is 1. The van der Waals surface area contributed by atoms with Crippen molar-refractivity contribution in [3.8, 4) is 0 Å². The van der Waals surface area contributed by atoms with Gasteiger partial charge in [0.1, 0.15) is 5.56 Å². The number of alkyl halides is 3. The minimum absolute atomic E-state index is 0.236. The van der Waals surface area contributed by atoms with Crippen LogP contribution in [0.4, 0.5) is 29.3 Å². The Hall–Kier alpha value is -3.37. The van der Waals surface area contributed by atoms with Crippen molar-refractivity contribution in [3.63, 3.8) is 0 Å². The fourth-order valence-electron chi connectivity index (χ4n) is 1.73. The second-order valence-electron chi connectivity index (χ2n) is 4.43. The normalized spacial score (nSPS) is 11.5. The first-order chi connectivity index (χ1) is 11.3. The summed E-state index contributed by atoms with van der Waals surface area (Å²) in [6, 6.07) is 1.37. The number of aromatic amines is 1. The minimum Gasteiger partial charge on any atom is -0.345 e. The Morgan fingerprint density at radius 3 is 2.71 bits per heavy atom. The summed E-state index contributed by atoms with van der Waals surface area (Å²) in [4.78, 5) is 27.6. The van der Waals surface area contributed by atoms with Gasteiger partial charge >= 0.3 is 12.2 Å². The molecule has 2 rings (SSSR count). The van der Waals surface area contributed by atoms with Gasteiger partial charge in [-0.1, -0.05) is 0 Å². The molecule has 0 radical (unpaired) electrons. The van der Waals surface area contributed by atoms with Crippen LogP contribution in [-0.4, -0.2) is 20.9 Å². The first-order valence-corrected chi connectivity index (χ1v) is 6.35. The molecule has 0 spiro atoms. The summed E-state index contributed by atoms with van der Waals surface area (Å²) >= 11 is 0. The van der Waals surface area contributed by atoms with Crippen LogP contribution in [0.15, 0.2) is 36.9 Å². The zero-order valence-corrected chi connectivity index (χ0v) is 11.8. The maximum atomic E-state index is 12.8. The number of imidazole rings is 1. The van der Waals surface area contributed by atoms with E-state index in [9.17, 15) is 28.1 Å². The number of nitro benzene ring substituents is 1. The van der Waals surface area contributed by atoms with Gasteiger partial charge in [-0.15, -0.1) is 0 Å². The summed E-state index contributed by atoms with van der Waals surface area (Å²) in [6.07, 6.45) is 0.719. The van der Waals surface area contributed by atoms with Gasteiger partial charge in [-0.25, -0.2) is 9.78 Å². The van der Waals surface area contributed by atoms with E-state index in [0.29, 0.717) is 17.8 Å². The van der Waals surface area contributed by atoms with Gasteiger partial charge in [0, 0.05) is 18.0 Å². The van der Waals surface area contributed by atoms with E-state index >= 15 is 0 Å². The van der Waals surface area contributed by atoms with Crippen molar-refractivity contribution in [2.24, 2.45) is 0 Å². The number of nitro groups is 1. The van der Waals surface area contributed by atoms with Gasteiger partial charge in [-0.05, 0) is 18.2 Å². The molecule has 1 heterocycles. The average molecular weight is 341 g/mol. The third-order valence-electron chi connectivity index (χ3n) is 2.75. The fraction of sp³-hybridized carbons (Fsp3) is 0.0769. The molecule has 0 aliphatic heterocycles. The van der Waals surface area contributed by atoms with Gasteiger partial charge in [0.2, 0.25) is 0 Å². The minimum atomic E-state index is -4.92. The van der Waals surface area contributed by atoms with Gasteiger partial charge in [-0.3, -0.25) is 10.1 Å². The van der Waals surface area contributed by atoms with Crippen molar-refractivity contribution in [2.45, 2.75) is 6.18 Å². The summed E-state index contributed by atoms with van der Waals surface area (Å²) < 4.78 is 38.5. The second-order valence-corrected chi connectivity index (χ2v) is 4.43. The van der Waals surface area contributed by atoms with Crippen molar-refractivity contribution in [2.75, 3.05) is 5.32 Å². The number of H-pyrrole nitrogens is 1. The first kappa shape index (κ1) is 17.0. The Morgan fingerprint density at radius 1 is 1.38 bits per heavy atom. The Bertz CT molecular complexity index is 772. The largest absolute Gasteiger partial charge is 0.423 e. The number of hydrogen-bond acceptors (Lipinski definition) is 4.